The average molecular weight is 953 g/mol. The summed E-state index contributed by atoms with van der Waals surface area (Å²) >= 11 is 0. The summed E-state index contributed by atoms with van der Waals surface area (Å²) in [5.74, 6) is 0.347. The Morgan fingerprint density at radius 2 is 1.11 bits per heavy atom. The summed E-state index contributed by atoms with van der Waals surface area (Å²) < 4.78 is 41.7. The molecular weight excluding hydrogens is 891 g/mol. The molecule has 70 heavy (non-hydrogen) atoms. The summed E-state index contributed by atoms with van der Waals surface area (Å²) in [6, 6.07) is 25.1. The van der Waals surface area contributed by atoms with E-state index in [2.05, 4.69) is 24.0 Å². The highest BCUT2D eigenvalue weighted by Gasteiger charge is 2.25. The van der Waals surface area contributed by atoms with E-state index in [-0.39, 0.29) is 24.5 Å². The van der Waals surface area contributed by atoms with Crippen molar-refractivity contribution in [2.45, 2.75) is 106 Å². The van der Waals surface area contributed by atoms with Crippen molar-refractivity contribution in [3.8, 4) is 33.8 Å². The van der Waals surface area contributed by atoms with Crippen LogP contribution in [0.15, 0.2) is 91.3 Å². The first-order valence-corrected chi connectivity index (χ1v) is 23.3. The van der Waals surface area contributed by atoms with Gasteiger partial charge in [-0.1, -0.05) is 43.3 Å². The molecule has 0 spiro atoms. The van der Waals surface area contributed by atoms with Crippen molar-refractivity contribution in [2.75, 3.05) is 13.2 Å². The standard InChI is InChI=1S/C25H20FNO3.C24H20FNO.2C4H10O.CH2O2/c1-13-3-4-16-19(24(13)26)11-14(2)18(12-21(28)29)23(16)17-5-6-20-22-15(8-10-30-20)7-9-27-25(17)22;1-3-16-14(2)23(25)18-7-5-4-6-17(18)22(16)19-8-9-20-21-15(11-13-27-20)10-12-26-24(19)21;2*1-4(2,3)5;2-1-3/h3-7,9,11H,8,10,12H2,1-2H3,(H,28,29);4-10,12H,3,11,13H2,1-2H3;2*5H,1-3H3;1H,(H,2,3). The first-order chi connectivity index (χ1) is 33.1. The van der Waals surface area contributed by atoms with Gasteiger partial charge in [0.1, 0.15) is 23.1 Å². The highest BCUT2D eigenvalue weighted by atomic mass is 19.1. The van der Waals surface area contributed by atoms with Crippen LogP contribution in [-0.4, -0.2) is 67.3 Å². The summed E-state index contributed by atoms with van der Waals surface area (Å²) in [6.07, 6.45) is 5.95. The van der Waals surface area contributed by atoms with Crippen LogP contribution in [0.5, 0.6) is 11.5 Å². The Morgan fingerprint density at radius 3 is 1.59 bits per heavy atom. The van der Waals surface area contributed by atoms with Gasteiger partial charge in [0.05, 0.1) is 41.9 Å². The predicted octanol–water partition coefficient (Wildman–Crippen LogP) is 12.6. The Morgan fingerprint density at radius 1 is 0.657 bits per heavy atom. The molecule has 8 aromatic rings. The Hall–Kier alpha value is -7.02. The maximum absolute atomic E-state index is 15.0. The summed E-state index contributed by atoms with van der Waals surface area (Å²) in [4.78, 5) is 29.4. The number of aromatic nitrogens is 2. The summed E-state index contributed by atoms with van der Waals surface area (Å²) in [5, 5.41) is 38.3. The van der Waals surface area contributed by atoms with Gasteiger partial charge >= 0.3 is 5.97 Å². The second-order valence-corrected chi connectivity index (χ2v) is 19.4. The van der Waals surface area contributed by atoms with E-state index >= 15 is 8.78 Å². The van der Waals surface area contributed by atoms with Crippen molar-refractivity contribution >= 4 is 55.8 Å². The zero-order chi connectivity index (χ0) is 51.2. The lowest BCUT2D eigenvalue weighted by Gasteiger charge is -2.22. The van der Waals surface area contributed by atoms with E-state index in [4.69, 9.17) is 34.6 Å². The number of halogens is 2. The number of pyridine rings is 2. The van der Waals surface area contributed by atoms with Crippen molar-refractivity contribution in [1.82, 2.24) is 9.97 Å². The van der Waals surface area contributed by atoms with Crippen LogP contribution in [0.2, 0.25) is 0 Å². The monoisotopic (exact) mass is 952 g/mol. The second kappa shape index (κ2) is 21.7. The molecule has 0 saturated heterocycles. The highest BCUT2D eigenvalue weighted by molar-refractivity contribution is 6.10. The van der Waals surface area contributed by atoms with Crippen molar-refractivity contribution in [2.24, 2.45) is 0 Å². The van der Waals surface area contributed by atoms with Crippen LogP contribution in [-0.2, 0) is 35.3 Å². The highest BCUT2D eigenvalue weighted by Crippen LogP contribution is 2.45. The summed E-state index contributed by atoms with van der Waals surface area (Å²) in [5.41, 5.74) is 10.5. The smallest absolute Gasteiger partial charge is 0.307 e. The van der Waals surface area contributed by atoms with Crippen LogP contribution in [0, 0.1) is 32.4 Å². The molecule has 0 amide bonds. The third-order valence-corrected chi connectivity index (χ3v) is 11.7. The summed E-state index contributed by atoms with van der Waals surface area (Å²) in [7, 11) is 0. The maximum Gasteiger partial charge on any atom is 0.307 e. The third-order valence-electron chi connectivity index (χ3n) is 11.7. The Kier molecular flexibility index (Phi) is 16.3. The van der Waals surface area contributed by atoms with Gasteiger partial charge in [-0.25, -0.2) is 8.78 Å². The molecule has 6 aromatic carbocycles. The number of carbonyl (C=O) groups is 2. The van der Waals surface area contributed by atoms with E-state index in [9.17, 15) is 9.90 Å². The number of aliphatic carboxylic acids is 1. The average Bonchev–Trinajstić information content (AvgIpc) is 3.30. The van der Waals surface area contributed by atoms with Crippen LogP contribution in [0.4, 0.5) is 8.78 Å². The number of nitrogens with zero attached hydrogens (tertiary/aromatic N) is 2. The van der Waals surface area contributed by atoms with E-state index in [1.807, 2.05) is 74.6 Å². The number of hydrogen-bond donors (Lipinski definition) is 4. The second-order valence-electron chi connectivity index (χ2n) is 19.4. The minimum absolute atomic E-state index is 0.120. The molecular formula is C58H62F2N2O8. The molecule has 2 aromatic heterocycles. The van der Waals surface area contributed by atoms with Gasteiger partial charge in [0.15, 0.2) is 0 Å². The zero-order valence-electron chi connectivity index (χ0n) is 41.6. The number of aliphatic hydroxyl groups is 2. The minimum atomic E-state index is -0.926. The number of rotatable bonds is 5. The number of benzene rings is 6. The predicted molar refractivity (Wildman–Crippen MR) is 275 cm³/mol. The zero-order valence-corrected chi connectivity index (χ0v) is 41.6. The van der Waals surface area contributed by atoms with Crippen LogP contribution in [0.1, 0.15) is 87.4 Å². The largest absolute Gasteiger partial charge is 0.493 e. The molecule has 0 aliphatic carbocycles. The van der Waals surface area contributed by atoms with E-state index in [0.717, 1.165) is 102 Å². The molecule has 4 heterocycles. The van der Waals surface area contributed by atoms with Crippen LogP contribution in [0.3, 0.4) is 0 Å². The number of hydrogen-bond acceptors (Lipinski definition) is 8. The van der Waals surface area contributed by atoms with Gasteiger partial charge in [0.25, 0.3) is 6.47 Å². The van der Waals surface area contributed by atoms with Crippen molar-refractivity contribution < 1.29 is 48.3 Å². The number of carboxylic acids is 1. The molecule has 2 aliphatic rings. The normalized spacial score (nSPS) is 12.5. The fraction of sp³-hybridized carbons (Fsp3) is 0.310. The van der Waals surface area contributed by atoms with Gasteiger partial charge in [-0.05, 0) is 172 Å². The van der Waals surface area contributed by atoms with E-state index in [1.54, 1.807) is 66.8 Å². The fourth-order valence-electron chi connectivity index (χ4n) is 8.94. The van der Waals surface area contributed by atoms with Gasteiger partial charge in [-0.15, -0.1) is 0 Å². The number of ether oxygens (including phenoxy) is 2. The Balaban J connectivity index is 0.000000185. The fourth-order valence-corrected chi connectivity index (χ4v) is 8.94. The molecule has 0 unspecified atom stereocenters. The van der Waals surface area contributed by atoms with Gasteiger partial charge in [0, 0.05) is 57.9 Å². The molecule has 2 aliphatic heterocycles. The third kappa shape index (κ3) is 11.7. The van der Waals surface area contributed by atoms with E-state index < -0.39 is 17.2 Å². The molecule has 10 rings (SSSR count). The quantitative estimate of drug-likeness (QED) is 0.122. The Labute approximate surface area is 407 Å². The molecule has 4 N–H and O–H groups in total. The topological polar surface area (TPSA) is 159 Å². The lowest BCUT2D eigenvalue weighted by Crippen LogP contribution is -2.10. The number of fused-ring (bicyclic) bond motifs is 2. The van der Waals surface area contributed by atoms with E-state index in [1.165, 1.54) is 5.56 Å². The lowest BCUT2D eigenvalue weighted by molar-refractivity contribution is -0.136. The first kappa shape index (κ1) is 52.4. The van der Waals surface area contributed by atoms with Crippen molar-refractivity contribution in [3.05, 3.63) is 142 Å². The molecule has 0 radical (unpaired) electrons. The molecule has 0 atom stereocenters. The van der Waals surface area contributed by atoms with Crippen LogP contribution in [0.25, 0.3) is 65.6 Å². The molecule has 10 nitrogen and oxygen atoms in total. The molecule has 12 heteroatoms. The number of aryl methyl sites for hydroxylation is 2. The number of carboxylic acid groups (broad SMARTS) is 2. The molecule has 0 bridgehead atoms. The molecule has 366 valence electrons. The van der Waals surface area contributed by atoms with Crippen LogP contribution < -0.4 is 9.47 Å². The van der Waals surface area contributed by atoms with E-state index in [0.29, 0.717) is 40.5 Å². The van der Waals surface area contributed by atoms with Crippen LogP contribution >= 0.6 is 0 Å². The van der Waals surface area contributed by atoms with Gasteiger partial charge in [-0.3, -0.25) is 19.6 Å². The van der Waals surface area contributed by atoms with Gasteiger partial charge < -0.3 is 29.9 Å². The lowest BCUT2D eigenvalue weighted by atomic mass is 9.86. The van der Waals surface area contributed by atoms with Gasteiger partial charge in [0.2, 0.25) is 0 Å². The van der Waals surface area contributed by atoms with Gasteiger partial charge in [-0.2, -0.15) is 0 Å². The van der Waals surface area contributed by atoms with Crippen molar-refractivity contribution in [1.29, 1.82) is 0 Å². The SMILES string of the molecule is CC(C)(C)O.CC(C)(C)O.CCc1c(C)c(F)c2ccccc2c1-c1ccc2c3c(ccnc13)CCO2.Cc1cc2c(F)c(C)ccc2c(-c2ccc3c4c(ccnc24)CCO3)c1CC(=O)O.O=CO. The summed E-state index contributed by atoms with van der Waals surface area (Å²) in [6.45, 7) is 19.1. The molecule has 0 fully saturated rings. The minimum Gasteiger partial charge on any atom is -0.493 e. The first-order valence-electron chi connectivity index (χ1n) is 23.3. The molecule has 0 saturated carbocycles. The van der Waals surface area contributed by atoms with Crippen molar-refractivity contribution in [3.63, 3.8) is 0 Å². The Bertz CT molecular complexity index is 3200. The maximum atomic E-state index is 15.0.